The van der Waals surface area contributed by atoms with Crippen LogP contribution in [0.2, 0.25) is 0 Å². The second-order valence-electron chi connectivity index (χ2n) is 4.57. The molecule has 96 valence electrons. The zero-order valence-corrected chi connectivity index (χ0v) is 10.4. The van der Waals surface area contributed by atoms with E-state index in [1.165, 1.54) is 0 Å². The first kappa shape index (κ1) is 11.4. The summed E-state index contributed by atoms with van der Waals surface area (Å²) in [5.74, 6) is 0.651. The zero-order valence-electron chi connectivity index (χ0n) is 10.4. The maximum Gasteiger partial charge on any atom is 0.243 e. The molecule has 1 atom stereocenters. The van der Waals surface area contributed by atoms with Crippen LogP contribution in [0, 0.1) is 0 Å². The highest BCUT2D eigenvalue weighted by Crippen LogP contribution is 2.07. The number of anilines is 1. The normalized spacial score (nSPS) is 21.3. The van der Waals surface area contributed by atoms with Gasteiger partial charge in [-0.3, -0.25) is 0 Å². The molecule has 0 radical (unpaired) electrons. The Morgan fingerprint density at radius 1 is 1.50 bits per heavy atom. The first-order valence-corrected chi connectivity index (χ1v) is 6.17. The van der Waals surface area contributed by atoms with Crippen molar-refractivity contribution in [2.24, 2.45) is 0 Å². The molecule has 0 aromatic carbocycles. The van der Waals surface area contributed by atoms with Crippen LogP contribution in [0.15, 0.2) is 24.4 Å². The van der Waals surface area contributed by atoms with Crippen molar-refractivity contribution in [3.8, 4) is 0 Å². The summed E-state index contributed by atoms with van der Waals surface area (Å²) in [7, 11) is 2.11. The van der Waals surface area contributed by atoms with Gasteiger partial charge in [-0.15, -0.1) is 5.10 Å². The van der Waals surface area contributed by atoms with Crippen molar-refractivity contribution in [1.82, 2.24) is 19.5 Å². The fourth-order valence-electron chi connectivity index (χ4n) is 2.10. The lowest BCUT2D eigenvalue weighted by Crippen LogP contribution is -2.43. The van der Waals surface area contributed by atoms with Crippen LogP contribution in [0.25, 0.3) is 5.65 Å². The molecule has 1 fully saturated rings. The topological polar surface area (TPSA) is 54.7 Å². The molecule has 0 aliphatic carbocycles. The number of pyridine rings is 1. The number of rotatable bonds is 3. The van der Waals surface area contributed by atoms with Crippen LogP contribution >= 0.6 is 0 Å². The Hall–Kier alpha value is -1.66. The number of aromatic nitrogens is 3. The Kier molecular flexibility index (Phi) is 3.12. The summed E-state index contributed by atoms with van der Waals surface area (Å²) in [5.41, 5.74) is 0.849. The van der Waals surface area contributed by atoms with Gasteiger partial charge in [0, 0.05) is 25.8 Å². The molecule has 1 aliphatic rings. The highest BCUT2D eigenvalue weighted by atomic mass is 16.5. The molecular weight excluding hydrogens is 230 g/mol. The van der Waals surface area contributed by atoms with Crippen molar-refractivity contribution < 1.29 is 4.74 Å². The van der Waals surface area contributed by atoms with E-state index in [4.69, 9.17) is 4.74 Å². The van der Waals surface area contributed by atoms with Gasteiger partial charge in [0.15, 0.2) is 5.65 Å². The summed E-state index contributed by atoms with van der Waals surface area (Å²) >= 11 is 0. The third-order valence-corrected chi connectivity index (χ3v) is 3.07. The highest BCUT2D eigenvalue weighted by Gasteiger charge is 2.17. The molecule has 0 saturated carbocycles. The number of ether oxygens (including phenoxy) is 1. The van der Waals surface area contributed by atoms with Crippen molar-refractivity contribution in [2.75, 3.05) is 38.6 Å². The fourth-order valence-corrected chi connectivity index (χ4v) is 2.10. The van der Waals surface area contributed by atoms with Gasteiger partial charge in [-0.25, -0.2) is 4.52 Å². The molecule has 0 bridgehead atoms. The average Bonchev–Trinajstić information content (AvgIpc) is 2.79. The van der Waals surface area contributed by atoms with Gasteiger partial charge in [0.05, 0.1) is 12.7 Å². The van der Waals surface area contributed by atoms with E-state index < -0.39 is 0 Å². The first-order valence-electron chi connectivity index (χ1n) is 6.17. The summed E-state index contributed by atoms with van der Waals surface area (Å²) in [5, 5.41) is 7.57. The van der Waals surface area contributed by atoms with Gasteiger partial charge in [-0.1, -0.05) is 6.07 Å². The van der Waals surface area contributed by atoms with Crippen LogP contribution in [-0.4, -0.2) is 58.9 Å². The van der Waals surface area contributed by atoms with E-state index >= 15 is 0 Å². The summed E-state index contributed by atoms with van der Waals surface area (Å²) in [6, 6.07) is 5.82. The maximum absolute atomic E-state index is 5.68. The fraction of sp³-hybridized carbons (Fsp3) is 0.500. The predicted octanol–water partition coefficient (Wildman–Crippen LogP) is 0.472. The number of likely N-dealkylation sites (N-methyl/N-ethyl adjacent to an activating group) is 1. The van der Waals surface area contributed by atoms with Crippen LogP contribution in [0.3, 0.4) is 0 Å². The van der Waals surface area contributed by atoms with E-state index in [0.717, 1.165) is 31.9 Å². The van der Waals surface area contributed by atoms with Crippen LogP contribution < -0.4 is 5.32 Å². The SMILES string of the molecule is CN1CCOC(CNc2nc3ccccn3n2)C1. The van der Waals surface area contributed by atoms with Gasteiger partial charge in [-0.05, 0) is 19.2 Å². The Bertz CT molecular complexity index is 493. The monoisotopic (exact) mass is 247 g/mol. The highest BCUT2D eigenvalue weighted by molar-refractivity contribution is 5.42. The number of hydrogen-bond acceptors (Lipinski definition) is 5. The molecule has 1 saturated heterocycles. The van der Waals surface area contributed by atoms with E-state index in [2.05, 4.69) is 27.3 Å². The molecule has 1 N–H and O–H groups in total. The van der Waals surface area contributed by atoms with E-state index in [1.807, 2.05) is 24.4 Å². The zero-order chi connectivity index (χ0) is 12.4. The molecule has 6 nitrogen and oxygen atoms in total. The van der Waals surface area contributed by atoms with Gasteiger partial charge in [0.25, 0.3) is 0 Å². The van der Waals surface area contributed by atoms with Gasteiger partial charge in [0.2, 0.25) is 5.95 Å². The largest absolute Gasteiger partial charge is 0.374 e. The standard InChI is InChI=1S/C12H17N5O/c1-16-6-7-18-10(9-16)8-13-12-14-11-4-2-3-5-17(11)15-12/h2-5,10H,6-9H2,1H3,(H,13,15). The lowest BCUT2D eigenvalue weighted by molar-refractivity contribution is -0.0117. The van der Waals surface area contributed by atoms with Gasteiger partial charge in [0.1, 0.15) is 0 Å². The molecule has 2 aromatic rings. The van der Waals surface area contributed by atoms with Crippen molar-refractivity contribution in [3.05, 3.63) is 24.4 Å². The minimum Gasteiger partial charge on any atom is -0.374 e. The third kappa shape index (κ3) is 2.44. The molecule has 3 rings (SSSR count). The third-order valence-electron chi connectivity index (χ3n) is 3.07. The van der Waals surface area contributed by atoms with Gasteiger partial charge >= 0.3 is 0 Å². The lowest BCUT2D eigenvalue weighted by atomic mass is 10.3. The van der Waals surface area contributed by atoms with Crippen LogP contribution in [0.1, 0.15) is 0 Å². The summed E-state index contributed by atoms with van der Waals surface area (Å²) < 4.78 is 7.44. The minimum absolute atomic E-state index is 0.204. The van der Waals surface area contributed by atoms with Crippen molar-refractivity contribution in [3.63, 3.8) is 0 Å². The van der Waals surface area contributed by atoms with Crippen LogP contribution in [0.4, 0.5) is 5.95 Å². The number of nitrogens with zero attached hydrogens (tertiary/aromatic N) is 4. The van der Waals surface area contributed by atoms with Crippen LogP contribution in [-0.2, 0) is 4.74 Å². The van der Waals surface area contributed by atoms with E-state index in [9.17, 15) is 0 Å². The Morgan fingerprint density at radius 3 is 3.28 bits per heavy atom. The van der Waals surface area contributed by atoms with E-state index in [0.29, 0.717) is 5.95 Å². The number of morpholine rings is 1. The van der Waals surface area contributed by atoms with Crippen LogP contribution in [0.5, 0.6) is 0 Å². The smallest absolute Gasteiger partial charge is 0.243 e. The predicted molar refractivity (Wildman–Crippen MR) is 68.7 cm³/mol. The Balaban J connectivity index is 1.62. The van der Waals surface area contributed by atoms with E-state index in [-0.39, 0.29) is 6.10 Å². The molecule has 0 spiro atoms. The average molecular weight is 247 g/mol. The van der Waals surface area contributed by atoms with Crippen molar-refractivity contribution >= 4 is 11.6 Å². The molecule has 6 heteroatoms. The summed E-state index contributed by atoms with van der Waals surface area (Å²) in [6.07, 6.45) is 2.09. The lowest BCUT2D eigenvalue weighted by Gasteiger charge is -2.29. The van der Waals surface area contributed by atoms with E-state index in [1.54, 1.807) is 4.52 Å². The van der Waals surface area contributed by atoms with Crippen molar-refractivity contribution in [1.29, 1.82) is 0 Å². The minimum atomic E-state index is 0.204. The quantitative estimate of drug-likeness (QED) is 0.854. The molecule has 1 unspecified atom stereocenters. The van der Waals surface area contributed by atoms with Crippen molar-refractivity contribution in [2.45, 2.75) is 6.10 Å². The number of fused-ring (bicyclic) bond motifs is 1. The first-order chi connectivity index (χ1) is 8.81. The molecule has 1 aliphatic heterocycles. The molecular formula is C12H17N5O. The number of nitrogens with one attached hydrogen (secondary N) is 1. The number of hydrogen-bond donors (Lipinski definition) is 1. The van der Waals surface area contributed by atoms with Gasteiger partial charge in [-0.2, -0.15) is 4.98 Å². The maximum atomic E-state index is 5.68. The molecule has 2 aromatic heterocycles. The summed E-state index contributed by atoms with van der Waals surface area (Å²) in [6.45, 7) is 3.48. The Morgan fingerprint density at radius 2 is 2.44 bits per heavy atom. The second-order valence-corrected chi connectivity index (χ2v) is 4.57. The molecule has 18 heavy (non-hydrogen) atoms. The second kappa shape index (κ2) is 4.91. The molecule has 3 heterocycles. The van der Waals surface area contributed by atoms with Gasteiger partial charge < -0.3 is 15.0 Å². The Labute approximate surface area is 106 Å². The molecule has 0 amide bonds. The summed E-state index contributed by atoms with van der Waals surface area (Å²) in [4.78, 5) is 6.66.